The number of rotatable bonds is 4. The van der Waals surface area contributed by atoms with Crippen molar-refractivity contribution < 1.29 is 19.8 Å². The number of piperidine rings is 1. The lowest BCUT2D eigenvalue weighted by Crippen LogP contribution is -2.63. The largest absolute Gasteiger partial charge is 0.465 e. The predicted octanol–water partition coefficient (Wildman–Crippen LogP) is 4.14. The molecule has 2 aliphatic rings. The fraction of sp³-hybridized carbons (Fsp3) is 0.387. The van der Waals surface area contributed by atoms with Gasteiger partial charge in [-0.05, 0) is 29.2 Å². The van der Waals surface area contributed by atoms with Gasteiger partial charge in [-0.1, -0.05) is 74.5 Å². The van der Waals surface area contributed by atoms with Crippen molar-refractivity contribution in [2.75, 3.05) is 32.7 Å². The van der Waals surface area contributed by atoms with Crippen molar-refractivity contribution in [3.63, 3.8) is 0 Å². The van der Waals surface area contributed by atoms with Crippen LogP contribution < -0.4 is 5.56 Å². The van der Waals surface area contributed by atoms with E-state index in [4.69, 9.17) is 0 Å². The van der Waals surface area contributed by atoms with E-state index < -0.39 is 23.2 Å². The van der Waals surface area contributed by atoms with Crippen LogP contribution in [0.5, 0.6) is 0 Å². The zero-order valence-corrected chi connectivity index (χ0v) is 22.9. The van der Waals surface area contributed by atoms with Crippen LogP contribution in [0.15, 0.2) is 83.8 Å². The van der Waals surface area contributed by atoms with Crippen LogP contribution in [0.3, 0.4) is 0 Å². The lowest BCUT2D eigenvalue weighted by molar-refractivity contribution is -0.122. The number of piperazine rings is 1. The molecule has 210 valence electrons. The van der Waals surface area contributed by atoms with Crippen LogP contribution in [-0.4, -0.2) is 79.9 Å². The van der Waals surface area contributed by atoms with Crippen molar-refractivity contribution in [3.8, 4) is 11.1 Å². The van der Waals surface area contributed by atoms with Crippen molar-refractivity contribution in [1.82, 2.24) is 19.3 Å². The number of pyridine rings is 1. The van der Waals surface area contributed by atoms with Gasteiger partial charge in [-0.25, -0.2) is 9.59 Å². The van der Waals surface area contributed by atoms with E-state index in [0.717, 1.165) is 16.7 Å². The van der Waals surface area contributed by atoms with Gasteiger partial charge in [0.2, 0.25) is 0 Å². The van der Waals surface area contributed by atoms with E-state index in [2.05, 4.69) is 0 Å². The number of hydrogen-bond donors (Lipinski definition) is 2. The Morgan fingerprint density at radius 2 is 1.57 bits per heavy atom. The summed E-state index contributed by atoms with van der Waals surface area (Å²) in [5.41, 5.74) is 0.561. The van der Waals surface area contributed by atoms with Crippen molar-refractivity contribution >= 4 is 12.1 Å². The Kier molecular flexibility index (Phi) is 7.42. The van der Waals surface area contributed by atoms with Gasteiger partial charge in [0.05, 0.1) is 18.2 Å². The molecule has 3 amide bonds. The summed E-state index contributed by atoms with van der Waals surface area (Å²) >= 11 is 0. The van der Waals surface area contributed by atoms with Crippen LogP contribution >= 0.6 is 0 Å². The van der Waals surface area contributed by atoms with Gasteiger partial charge >= 0.3 is 12.1 Å². The lowest BCUT2D eigenvalue weighted by atomic mass is 9.70. The van der Waals surface area contributed by atoms with Crippen LogP contribution in [0.25, 0.3) is 11.1 Å². The second-order valence-electron chi connectivity index (χ2n) is 11.5. The Hall–Kier alpha value is -4.11. The summed E-state index contributed by atoms with van der Waals surface area (Å²) in [6.45, 7) is 5.34. The summed E-state index contributed by atoms with van der Waals surface area (Å²) in [6, 6.07) is 22.1. The van der Waals surface area contributed by atoms with E-state index in [9.17, 15) is 24.6 Å². The van der Waals surface area contributed by atoms with Gasteiger partial charge in [0.25, 0.3) is 5.56 Å². The molecule has 3 heterocycles. The number of carbonyl (C=O) groups is 2. The molecule has 9 nitrogen and oxygen atoms in total. The quantitative estimate of drug-likeness (QED) is 0.514. The molecule has 40 heavy (non-hydrogen) atoms. The number of aliphatic hydroxyl groups is 1. The summed E-state index contributed by atoms with van der Waals surface area (Å²) in [6.07, 6.45) is 1.04. The molecule has 3 aromatic rings. The third-order valence-electron chi connectivity index (χ3n) is 8.53. The van der Waals surface area contributed by atoms with E-state index in [1.54, 1.807) is 26.6 Å². The Balaban J connectivity index is 1.32. The molecule has 0 aliphatic carbocycles. The van der Waals surface area contributed by atoms with Crippen molar-refractivity contribution in [3.05, 3.63) is 94.9 Å². The smallest absolute Gasteiger partial charge is 0.407 e. The van der Waals surface area contributed by atoms with Crippen LogP contribution in [-0.2, 0) is 6.54 Å². The maximum Gasteiger partial charge on any atom is 0.407 e. The second-order valence-corrected chi connectivity index (χ2v) is 11.5. The van der Waals surface area contributed by atoms with Crippen molar-refractivity contribution in [1.29, 1.82) is 0 Å². The fourth-order valence-electron chi connectivity index (χ4n) is 5.88. The van der Waals surface area contributed by atoms with E-state index in [1.807, 2.05) is 80.6 Å². The lowest BCUT2D eigenvalue weighted by Gasteiger charge is -2.52. The summed E-state index contributed by atoms with van der Waals surface area (Å²) < 4.78 is 1.54. The molecular formula is C31H36N4O5. The Morgan fingerprint density at radius 3 is 2.20 bits per heavy atom. The number of urea groups is 1. The molecule has 2 saturated heterocycles. The van der Waals surface area contributed by atoms with Gasteiger partial charge in [-0.15, -0.1) is 0 Å². The van der Waals surface area contributed by atoms with Gasteiger partial charge < -0.3 is 29.5 Å². The minimum absolute atomic E-state index is 0.125. The normalized spacial score (nSPS) is 22.7. The number of nitrogens with zero attached hydrogens (tertiary/aromatic N) is 4. The highest BCUT2D eigenvalue weighted by atomic mass is 16.4. The van der Waals surface area contributed by atoms with Gasteiger partial charge in [0, 0.05) is 50.4 Å². The molecule has 0 unspecified atom stereocenters. The molecule has 1 aromatic heterocycles. The maximum atomic E-state index is 13.8. The number of carbonyl (C=O) groups excluding carboxylic acids is 1. The van der Waals surface area contributed by atoms with E-state index in [0.29, 0.717) is 19.5 Å². The second kappa shape index (κ2) is 10.8. The molecule has 5 rings (SSSR count). The third kappa shape index (κ3) is 5.34. The molecule has 2 fully saturated rings. The first-order valence-corrected chi connectivity index (χ1v) is 13.6. The SMILES string of the molecule is CC1(C)CN(C(=O)N2CCN(C(=O)O)C[C@H]2c2ccccc2)CC[C@@]1(O)Cn1ccc(-c2ccccc2)cc1=O. The number of hydrogen-bond acceptors (Lipinski definition) is 4. The summed E-state index contributed by atoms with van der Waals surface area (Å²) in [7, 11) is 0. The van der Waals surface area contributed by atoms with Gasteiger partial charge in [-0.2, -0.15) is 0 Å². The third-order valence-corrected chi connectivity index (χ3v) is 8.53. The first-order chi connectivity index (χ1) is 19.1. The molecule has 0 spiro atoms. The molecule has 2 aromatic carbocycles. The number of aromatic nitrogens is 1. The Morgan fingerprint density at radius 1 is 0.900 bits per heavy atom. The first-order valence-electron chi connectivity index (χ1n) is 13.6. The number of amides is 3. The van der Waals surface area contributed by atoms with Crippen molar-refractivity contribution in [2.45, 2.75) is 38.5 Å². The molecule has 2 aliphatic heterocycles. The van der Waals surface area contributed by atoms with E-state index >= 15 is 0 Å². The molecule has 2 N–H and O–H groups in total. The van der Waals surface area contributed by atoms with Crippen LogP contribution in [0, 0.1) is 5.41 Å². The topological polar surface area (TPSA) is 106 Å². The van der Waals surface area contributed by atoms with Crippen LogP contribution in [0.1, 0.15) is 31.9 Å². The fourth-order valence-corrected chi connectivity index (χ4v) is 5.88. The molecule has 0 bridgehead atoms. The van der Waals surface area contributed by atoms with Gasteiger partial charge in [-0.3, -0.25) is 4.79 Å². The summed E-state index contributed by atoms with van der Waals surface area (Å²) in [5.74, 6) is 0. The predicted molar refractivity (Wildman–Crippen MR) is 152 cm³/mol. The average molecular weight is 545 g/mol. The number of benzene rings is 2. The minimum Gasteiger partial charge on any atom is -0.465 e. The van der Waals surface area contributed by atoms with E-state index in [1.165, 1.54) is 4.90 Å². The number of likely N-dealkylation sites (tertiary alicyclic amines) is 1. The molecule has 0 radical (unpaired) electrons. The van der Waals surface area contributed by atoms with E-state index in [-0.39, 0.29) is 37.8 Å². The monoisotopic (exact) mass is 544 g/mol. The molecular weight excluding hydrogens is 508 g/mol. The molecule has 2 atom stereocenters. The van der Waals surface area contributed by atoms with Gasteiger partial charge in [0.1, 0.15) is 0 Å². The number of carboxylic acid groups (broad SMARTS) is 1. The highest BCUT2D eigenvalue weighted by molar-refractivity contribution is 5.76. The first kappa shape index (κ1) is 27.5. The van der Waals surface area contributed by atoms with Crippen molar-refractivity contribution in [2.24, 2.45) is 5.41 Å². The highest BCUT2D eigenvalue weighted by Crippen LogP contribution is 2.40. The zero-order chi connectivity index (χ0) is 28.5. The Labute approximate surface area is 233 Å². The standard InChI is InChI=1S/C31H36N4O5/c1-30(2)21-34(28(37)35-18-17-32(29(38)39)20-26(35)24-11-7-4-8-12-24)16-14-31(30,40)22-33-15-13-25(19-27(33)36)23-9-5-3-6-10-23/h3-13,15,19,26,40H,14,16-18,20-22H2,1-2H3,(H,38,39)/t26-,31+/m0/s1. The van der Waals surface area contributed by atoms with Crippen LogP contribution in [0.2, 0.25) is 0 Å². The molecule has 9 heteroatoms. The Bertz CT molecular complexity index is 1420. The zero-order valence-electron chi connectivity index (χ0n) is 22.9. The minimum atomic E-state index is -1.21. The maximum absolute atomic E-state index is 13.8. The summed E-state index contributed by atoms with van der Waals surface area (Å²) in [4.78, 5) is 43.4. The van der Waals surface area contributed by atoms with Crippen LogP contribution in [0.4, 0.5) is 9.59 Å². The van der Waals surface area contributed by atoms with Gasteiger partial charge in [0.15, 0.2) is 0 Å². The summed E-state index contributed by atoms with van der Waals surface area (Å²) in [5, 5.41) is 21.4. The molecule has 0 saturated carbocycles. The highest BCUT2D eigenvalue weighted by Gasteiger charge is 2.50. The average Bonchev–Trinajstić information content (AvgIpc) is 2.96.